The second-order valence-electron chi connectivity index (χ2n) is 6.21. The molecule has 0 radical (unpaired) electrons. The summed E-state index contributed by atoms with van der Waals surface area (Å²) < 4.78 is 2.35. The fourth-order valence-electron chi connectivity index (χ4n) is 3.05. The van der Waals surface area contributed by atoms with Crippen LogP contribution in [0.3, 0.4) is 0 Å². The topological polar surface area (TPSA) is 46.9 Å². The van der Waals surface area contributed by atoms with Crippen LogP contribution in [0.1, 0.15) is 45.4 Å². The maximum Gasteiger partial charge on any atom is 0.220 e. The predicted octanol–water partition coefficient (Wildman–Crippen LogP) is 3.99. The number of aromatic nitrogens is 2. The molecule has 5 heteroatoms. The molecule has 1 aromatic heterocycles. The number of hydrogen-bond donors (Lipinski definition) is 1. The Bertz CT molecular complexity index is 667. The lowest BCUT2D eigenvalue weighted by Crippen LogP contribution is -2.27. The molecule has 2 heterocycles. The molecule has 1 fully saturated rings. The lowest BCUT2D eigenvalue weighted by Gasteiger charge is -2.11. The number of rotatable bonds is 8. The van der Waals surface area contributed by atoms with Gasteiger partial charge in [0.25, 0.3) is 0 Å². The van der Waals surface area contributed by atoms with Crippen molar-refractivity contribution in [3.63, 3.8) is 0 Å². The van der Waals surface area contributed by atoms with Gasteiger partial charge in [-0.1, -0.05) is 50.1 Å². The van der Waals surface area contributed by atoms with Gasteiger partial charge in [0.1, 0.15) is 0 Å². The largest absolute Gasteiger partial charge is 0.353 e. The fraction of sp³-hybridized carbons (Fsp3) is 0.556. The van der Waals surface area contributed by atoms with E-state index in [2.05, 4.69) is 35.0 Å². The first-order chi connectivity index (χ1) is 11.3. The third-order valence-corrected chi connectivity index (χ3v) is 5.49. The zero-order chi connectivity index (χ0) is 16.1. The molecule has 1 unspecified atom stereocenters. The van der Waals surface area contributed by atoms with Crippen LogP contribution in [0.25, 0.3) is 11.0 Å². The Morgan fingerprint density at radius 1 is 1.30 bits per heavy atom. The van der Waals surface area contributed by atoms with Crippen molar-refractivity contribution >= 4 is 28.7 Å². The van der Waals surface area contributed by atoms with E-state index >= 15 is 0 Å². The van der Waals surface area contributed by atoms with E-state index in [0.29, 0.717) is 12.5 Å². The maximum atomic E-state index is 11.3. The Morgan fingerprint density at radius 3 is 2.96 bits per heavy atom. The van der Waals surface area contributed by atoms with E-state index in [9.17, 15) is 4.79 Å². The number of unbranched alkanes of at least 4 members (excludes halogenated alkanes) is 3. The number of carbonyl (C=O) groups excluding carboxylic acids is 1. The molecule has 0 saturated carbocycles. The summed E-state index contributed by atoms with van der Waals surface area (Å²) in [5, 5.41) is 4.13. The van der Waals surface area contributed by atoms with Gasteiger partial charge in [0.05, 0.1) is 11.0 Å². The molecule has 23 heavy (non-hydrogen) atoms. The van der Waals surface area contributed by atoms with Crippen LogP contribution in [0.15, 0.2) is 29.4 Å². The molecule has 1 aromatic carbocycles. The summed E-state index contributed by atoms with van der Waals surface area (Å²) >= 11 is 1.77. The van der Waals surface area contributed by atoms with E-state index in [1.54, 1.807) is 11.8 Å². The van der Waals surface area contributed by atoms with Crippen LogP contribution < -0.4 is 5.32 Å². The van der Waals surface area contributed by atoms with E-state index < -0.39 is 0 Å². The number of nitrogens with zero attached hydrogens (tertiary/aromatic N) is 2. The van der Waals surface area contributed by atoms with Gasteiger partial charge >= 0.3 is 0 Å². The number of imidazole rings is 1. The number of aryl methyl sites for hydroxylation is 1. The van der Waals surface area contributed by atoms with Crippen molar-refractivity contribution in [2.45, 2.75) is 63.2 Å². The quantitative estimate of drug-likeness (QED) is 0.588. The third kappa shape index (κ3) is 4.08. The molecule has 0 aliphatic carbocycles. The standard InChI is InChI=1S/C18H25N3OS/c1-2-3-4-7-12-21-16-9-6-5-8-15(16)20-18(21)23-13-14-10-11-17(22)19-14/h5-6,8-9,14H,2-4,7,10-13H2,1H3,(H,19,22). The summed E-state index contributed by atoms with van der Waals surface area (Å²) in [5.74, 6) is 1.09. The van der Waals surface area contributed by atoms with E-state index in [1.807, 2.05) is 6.07 Å². The smallest absolute Gasteiger partial charge is 0.220 e. The first kappa shape index (κ1) is 16.4. The Hall–Kier alpha value is -1.49. The number of benzene rings is 1. The first-order valence-electron chi connectivity index (χ1n) is 8.65. The van der Waals surface area contributed by atoms with Gasteiger partial charge in [-0.25, -0.2) is 4.98 Å². The zero-order valence-corrected chi connectivity index (χ0v) is 14.6. The van der Waals surface area contributed by atoms with Crippen LogP contribution in [-0.2, 0) is 11.3 Å². The molecule has 124 valence electrons. The maximum absolute atomic E-state index is 11.3. The van der Waals surface area contributed by atoms with Gasteiger partial charge in [-0.15, -0.1) is 0 Å². The molecule has 1 atom stereocenters. The van der Waals surface area contributed by atoms with Gasteiger partial charge in [0.15, 0.2) is 5.16 Å². The minimum atomic E-state index is 0.184. The van der Waals surface area contributed by atoms with Gasteiger partial charge < -0.3 is 9.88 Å². The first-order valence-corrected chi connectivity index (χ1v) is 9.64. The van der Waals surface area contributed by atoms with E-state index in [-0.39, 0.29) is 5.91 Å². The summed E-state index contributed by atoms with van der Waals surface area (Å²) in [6, 6.07) is 8.66. The van der Waals surface area contributed by atoms with Gasteiger partial charge in [-0.05, 0) is 25.0 Å². The number of thioether (sulfide) groups is 1. The van der Waals surface area contributed by atoms with Crippen molar-refractivity contribution < 1.29 is 4.79 Å². The van der Waals surface area contributed by atoms with Gasteiger partial charge in [-0.3, -0.25) is 4.79 Å². The van der Waals surface area contributed by atoms with Crippen LogP contribution in [0.4, 0.5) is 0 Å². The molecule has 1 aliphatic rings. The van der Waals surface area contributed by atoms with Crippen molar-refractivity contribution in [1.82, 2.24) is 14.9 Å². The van der Waals surface area contributed by atoms with E-state index in [1.165, 1.54) is 31.2 Å². The second-order valence-corrected chi connectivity index (χ2v) is 7.20. The molecule has 0 bridgehead atoms. The summed E-state index contributed by atoms with van der Waals surface area (Å²) in [7, 11) is 0. The minimum absolute atomic E-state index is 0.184. The highest BCUT2D eigenvalue weighted by atomic mass is 32.2. The monoisotopic (exact) mass is 331 g/mol. The van der Waals surface area contributed by atoms with Crippen molar-refractivity contribution in [2.24, 2.45) is 0 Å². The molecule has 2 aromatic rings. The summed E-state index contributed by atoms with van der Waals surface area (Å²) in [4.78, 5) is 16.1. The number of nitrogens with one attached hydrogen (secondary N) is 1. The molecule has 0 spiro atoms. The van der Waals surface area contributed by atoms with Crippen molar-refractivity contribution in [3.05, 3.63) is 24.3 Å². The second kappa shape index (κ2) is 7.86. The van der Waals surface area contributed by atoms with E-state index in [4.69, 9.17) is 4.98 Å². The molecular formula is C18H25N3OS. The van der Waals surface area contributed by atoms with Crippen molar-refractivity contribution in [3.8, 4) is 0 Å². The highest BCUT2D eigenvalue weighted by Gasteiger charge is 2.21. The molecule has 4 nitrogen and oxygen atoms in total. The number of hydrogen-bond acceptors (Lipinski definition) is 3. The molecule has 1 amide bonds. The summed E-state index contributed by atoms with van der Waals surface area (Å²) in [5.41, 5.74) is 2.29. The van der Waals surface area contributed by atoms with Crippen LogP contribution in [-0.4, -0.2) is 27.3 Å². The van der Waals surface area contributed by atoms with Crippen LogP contribution in [0.2, 0.25) is 0 Å². The number of carbonyl (C=O) groups is 1. The predicted molar refractivity (Wildman–Crippen MR) is 95.8 cm³/mol. The Kier molecular flexibility index (Phi) is 5.60. The molecular weight excluding hydrogens is 306 g/mol. The third-order valence-electron chi connectivity index (χ3n) is 4.35. The lowest BCUT2D eigenvalue weighted by atomic mass is 10.2. The molecule has 1 aliphatic heterocycles. The van der Waals surface area contributed by atoms with Crippen LogP contribution >= 0.6 is 11.8 Å². The van der Waals surface area contributed by atoms with Gasteiger partial charge in [-0.2, -0.15) is 0 Å². The van der Waals surface area contributed by atoms with E-state index in [0.717, 1.165) is 29.4 Å². The van der Waals surface area contributed by atoms with Gasteiger partial charge in [0, 0.05) is 24.8 Å². The average Bonchev–Trinajstić information content (AvgIpc) is 3.13. The van der Waals surface area contributed by atoms with Gasteiger partial charge in [0.2, 0.25) is 5.91 Å². The molecule has 1 saturated heterocycles. The minimum Gasteiger partial charge on any atom is -0.353 e. The van der Waals surface area contributed by atoms with Crippen molar-refractivity contribution in [1.29, 1.82) is 0 Å². The Balaban J connectivity index is 1.70. The highest BCUT2D eigenvalue weighted by Crippen LogP contribution is 2.26. The van der Waals surface area contributed by atoms with Crippen molar-refractivity contribution in [2.75, 3.05) is 5.75 Å². The lowest BCUT2D eigenvalue weighted by molar-refractivity contribution is -0.119. The number of amides is 1. The average molecular weight is 331 g/mol. The fourth-order valence-corrected chi connectivity index (χ4v) is 4.16. The van der Waals surface area contributed by atoms with Crippen LogP contribution in [0, 0.1) is 0 Å². The SMILES string of the molecule is CCCCCCn1c(SCC2CCC(=O)N2)nc2ccccc21. The number of para-hydroxylation sites is 2. The highest BCUT2D eigenvalue weighted by molar-refractivity contribution is 7.99. The Labute approximate surface area is 142 Å². The Morgan fingerprint density at radius 2 is 2.17 bits per heavy atom. The molecule has 3 rings (SSSR count). The normalized spacial score (nSPS) is 17.8. The molecule has 1 N–H and O–H groups in total. The number of fused-ring (bicyclic) bond motifs is 1. The summed E-state index contributed by atoms with van der Waals surface area (Å²) in [6.45, 7) is 3.27. The van der Waals surface area contributed by atoms with Crippen LogP contribution in [0.5, 0.6) is 0 Å². The summed E-state index contributed by atoms with van der Waals surface area (Å²) in [6.07, 6.45) is 6.63. The zero-order valence-electron chi connectivity index (χ0n) is 13.8.